The van der Waals surface area contributed by atoms with Gasteiger partial charge in [0, 0.05) is 6.20 Å². The number of hydrogen-bond donors (Lipinski definition) is 2. The summed E-state index contributed by atoms with van der Waals surface area (Å²) in [5.74, 6) is -0.196. The second-order valence-electron chi connectivity index (χ2n) is 5.66. The van der Waals surface area contributed by atoms with Gasteiger partial charge in [-0.1, -0.05) is 0 Å². The molecule has 0 saturated heterocycles. The molecule has 0 unspecified atom stereocenters. The largest absolute Gasteiger partial charge is 0.444 e. The highest BCUT2D eigenvalue weighted by molar-refractivity contribution is 6.02. The number of ether oxygens (including phenoxy) is 1. The summed E-state index contributed by atoms with van der Waals surface area (Å²) in [4.78, 5) is 26.6. The van der Waals surface area contributed by atoms with Crippen molar-refractivity contribution in [1.82, 2.24) is 10.3 Å². The van der Waals surface area contributed by atoms with E-state index in [1.807, 2.05) is 0 Å². The number of ketones is 1. The van der Waals surface area contributed by atoms with Gasteiger partial charge < -0.3 is 15.0 Å². The van der Waals surface area contributed by atoms with E-state index in [0.29, 0.717) is 5.69 Å². The molecule has 100 valence electrons. The molecule has 18 heavy (non-hydrogen) atoms. The number of carbonyl (C=O) groups excluding carboxylic acids is 2. The average Bonchev–Trinajstić information content (AvgIpc) is 2.64. The maximum absolute atomic E-state index is 12.1. The van der Waals surface area contributed by atoms with E-state index in [4.69, 9.17) is 4.74 Å². The molecular formula is C13H20N2O3. The van der Waals surface area contributed by atoms with E-state index in [0.717, 1.165) is 0 Å². The van der Waals surface area contributed by atoms with Gasteiger partial charge in [0.2, 0.25) is 5.78 Å². The fraction of sp³-hybridized carbons (Fsp3) is 0.538. The van der Waals surface area contributed by atoms with E-state index in [9.17, 15) is 9.59 Å². The van der Waals surface area contributed by atoms with Crippen LogP contribution in [0.1, 0.15) is 45.1 Å². The van der Waals surface area contributed by atoms with E-state index in [1.165, 1.54) is 0 Å². The SMILES string of the molecule is CC(C)(C)OC(=O)NC(C)(C)C(=O)c1ccc[nH]1. The van der Waals surface area contributed by atoms with Crippen molar-refractivity contribution in [3.05, 3.63) is 24.0 Å². The lowest BCUT2D eigenvalue weighted by atomic mass is 9.97. The zero-order chi connectivity index (χ0) is 14.0. The number of Topliss-reactive ketones (excluding diaryl/α,β-unsaturated/α-hetero) is 1. The van der Waals surface area contributed by atoms with E-state index in [-0.39, 0.29) is 5.78 Å². The number of nitrogens with one attached hydrogen (secondary N) is 2. The smallest absolute Gasteiger partial charge is 0.408 e. The minimum absolute atomic E-state index is 0.196. The number of H-pyrrole nitrogens is 1. The minimum atomic E-state index is -1.02. The molecule has 0 aliphatic rings. The fourth-order valence-corrected chi connectivity index (χ4v) is 1.42. The van der Waals surface area contributed by atoms with Crippen molar-refractivity contribution in [2.75, 3.05) is 0 Å². The summed E-state index contributed by atoms with van der Waals surface area (Å²) in [5.41, 5.74) is -1.15. The Morgan fingerprint density at radius 2 is 1.83 bits per heavy atom. The Morgan fingerprint density at radius 1 is 1.22 bits per heavy atom. The van der Waals surface area contributed by atoms with E-state index in [1.54, 1.807) is 52.9 Å². The van der Waals surface area contributed by atoms with Gasteiger partial charge in [0.25, 0.3) is 0 Å². The molecule has 0 atom stereocenters. The third kappa shape index (κ3) is 3.91. The van der Waals surface area contributed by atoms with Crippen LogP contribution in [-0.2, 0) is 4.74 Å². The van der Waals surface area contributed by atoms with Crippen molar-refractivity contribution in [2.45, 2.75) is 45.8 Å². The number of hydrogen-bond acceptors (Lipinski definition) is 3. The lowest BCUT2D eigenvalue weighted by Crippen LogP contribution is -2.51. The molecule has 1 amide bonds. The summed E-state index contributed by atoms with van der Waals surface area (Å²) in [5, 5.41) is 2.57. The van der Waals surface area contributed by atoms with Crippen LogP contribution in [0.5, 0.6) is 0 Å². The highest BCUT2D eigenvalue weighted by atomic mass is 16.6. The predicted molar refractivity (Wildman–Crippen MR) is 68.6 cm³/mol. The normalized spacial score (nSPS) is 12.1. The van der Waals surface area contributed by atoms with Crippen LogP contribution in [0.3, 0.4) is 0 Å². The summed E-state index contributed by atoms with van der Waals surface area (Å²) in [7, 11) is 0. The van der Waals surface area contributed by atoms with Gasteiger partial charge in [0.05, 0.1) is 5.69 Å². The molecule has 0 bridgehead atoms. The number of alkyl carbamates (subject to hydrolysis) is 1. The molecule has 0 radical (unpaired) electrons. The molecule has 1 aromatic heterocycles. The Labute approximate surface area is 107 Å². The first kappa shape index (κ1) is 14.3. The summed E-state index contributed by atoms with van der Waals surface area (Å²) in [6, 6.07) is 3.40. The van der Waals surface area contributed by atoms with Crippen LogP contribution in [0.4, 0.5) is 4.79 Å². The Kier molecular flexibility index (Phi) is 3.84. The van der Waals surface area contributed by atoms with E-state index in [2.05, 4.69) is 10.3 Å². The molecule has 1 rings (SSSR count). The highest BCUT2D eigenvalue weighted by Crippen LogP contribution is 2.13. The van der Waals surface area contributed by atoms with Gasteiger partial charge in [0.15, 0.2) is 0 Å². The fourth-order valence-electron chi connectivity index (χ4n) is 1.42. The number of aromatic amines is 1. The van der Waals surface area contributed by atoms with Gasteiger partial charge in [-0.3, -0.25) is 4.79 Å². The van der Waals surface area contributed by atoms with Crippen LogP contribution in [0, 0.1) is 0 Å². The van der Waals surface area contributed by atoms with Crippen LogP contribution in [0.2, 0.25) is 0 Å². The van der Waals surface area contributed by atoms with Crippen LogP contribution < -0.4 is 5.32 Å². The van der Waals surface area contributed by atoms with Gasteiger partial charge >= 0.3 is 6.09 Å². The molecule has 0 fully saturated rings. The van der Waals surface area contributed by atoms with Crippen molar-refractivity contribution < 1.29 is 14.3 Å². The second-order valence-corrected chi connectivity index (χ2v) is 5.66. The molecule has 5 heteroatoms. The summed E-state index contributed by atoms with van der Waals surface area (Å²) >= 11 is 0. The van der Waals surface area contributed by atoms with Gasteiger partial charge in [-0.05, 0) is 46.8 Å². The zero-order valence-electron chi connectivity index (χ0n) is 11.5. The molecule has 0 aliphatic heterocycles. The van der Waals surface area contributed by atoms with Crippen LogP contribution >= 0.6 is 0 Å². The standard InChI is InChI=1S/C13H20N2O3/c1-12(2,3)18-11(17)15-13(4,5)10(16)9-7-6-8-14-9/h6-8,14H,1-5H3,(H,15,17). The first-order chi connectivity index (χ1) is 8.12. The van der Waals surface area contributed by atoms with Crippen LogP contribution in [-0.4, -0.2) is 28.0 Å². The predicted octanol–water partition coefficient (Wildman–Crippen LogP) is 2.50. The number of rotatable bonds is 3. The van der Waals surface area contributed by atoms with Crippen molar-refractivity contribution in [3.8, 4) is 0 Å². The third-order valence-electron chi connectivity index (χ3n) is 2.22. The van der Waals surface area contributed by atoms with Crippen molar-refractivity contribution in [3.63, 3.8) is 0 Å². The van der Waals surface area contributed by atoms with Crippen molar-refractivity contribution in [2.24, 2.45) is 0 Å². The number of aromatic nitrogens is 1. The molecule has 0 aliphatic carbocycles. The Morgan fingerprint density at radius 3 is 2.28 bits per heavy atom. The minimum Gasteiger partial charge on any atom is -0.444 e. The molecule has 1 aromatic rings. The Balaban J connectivity index is 2.70. The molecular weight excluding hydrogens is 232 g/mol. The highest BCUT2D eigenvalue weighted by Gasteiger charge is 2.32. The zero-order valence-corrected chi connectivity index (χ0v) is 11.5. The monoisotopic (exact) mass is 252 g/mol. The van der Waals surface area contributed by atoms with Gasteiger partial charge in [-0.2, -0.15) is 0 Å². The maximum atomic E-state index is 12.1. The average molecular weight is 252 g/mol. The van der Waals surface area contributed by atoms with E-state index < -0.39 is 17.2 Å². The van der Waals surface area contributed by atoms with Crippen molar-refractivity contribution in [1.29, 1.82) is 0 Å². The van der Waals surface area contributed by atoms with Crippen LogP contribution in [0.15, 0.2) is 18.3 Å². The first-order valence-corrected chi connectivity index (χ1v) is 5.81. The number of carbonyl (C=O) groups is 2. The first-order valence-electron chi connectivity index (χ1n) is 5.81. The number of amides is 1. The maximum Gasteiger partial charge on any atom is 0.408 e. The van der Waals surface area contributed by atoms with Gasteiger partial charge in [0.1, 0.15) is 11.1 Å². The van der Waals surface area contributed by atoms with Gasteiger partial charge in [-0.15, -0.1) is 0 Å². The molecule has 5 nitrogen and oxygen atoms in total. The second kappa shape index (κ2) is 4.84. The summed E-state index contributed by atoms with van der Waals surface area (Å²) < 4.78 is 5.13. The quantitative estimate of drug-likeness (QED) is 0.812. The van der Waals surface area contributed by atoms with E-state index >= 15 is 0 Å². The van der Waals surface area contributed by atoms with Crippen LogP contribution in [0.25, 0.3) is 0 Å². The Hall–Kier alpha value is -1.78. The summed E-state index contributed by atoms with van der Waals surface area (Å²) in [6.45, 7) is 8.59. The summed E-state index contributed by atoms with van der Waals surface area (Å²) in [6.07, 6.45) is 1.06. The molecule has 0 spiro atoms. The van der Waals surface area contributed by atoms with Crippen molar-refractivity contribution >= 4 is 11.9 Å². The van der Waals surface area contributed by atoms with Gasteiger partial charge in [-0.25, -0.2) is 4.79 Å². The molecule has 0 saturated carbocycles. The topological polar surface area (TPSA) is 71.2 Å². The molecule has 1 heterocycles. The Bertz CT molecular complexity index is 428. The lowest BCUT2D eigenvalue weighted by Gasteiger charge is -2.27. The third-order valence-corrected chi connectivity index (χ3v) is 2.22. The molecule has 2 N–H and O–H groups in total. The molecule has 0 aromatic carbocycles. The lowest BCUT2D eigenvalue weighted by molar-refractivity contribution is 0.0453.